The van der Waals surface area contributed by atoms with Gasteiger partial charge >= 0.3 is 5.97 Å². The van der Waals surface area contributed by atoms with Gasteiger partial charge in [0.2, 0.25) is 5.91 Å². The minimum Gasteiger partial charge on any atom is -0.497 e. The lowest BCUT2D eigenvalue weighted by Crippen LogP contribution is -2.68. The topological polar surface area (TPSA) is 77.1 Å². The van der Waals surface area contributed by atoms with Crippen LogP contribution in [0.4, 0.5) is 0 Å². The number of fused-ring (bicyclic) bond motifs is 1. The van der Waals surface area contributed by atoms with Crippen LogP contribution in [0.1, 0.15) is 43.7 Å². The van der Waals surface area contributed by atoms with Crippen molar-refractivity contribution in [3.05, 3.63) is 78.4 Å². The highest BCUT2D eigenvalue weighted by Crippen LogP contribution is 2.54. The number of carbonyl (C=O) groups is 2. The first-order valence-corrected chi connectivity index (χ1v) is 13.1. The number of rotatable bonds is 9. The third-order valence-corrected chi connectivity index (χ3v) is 7.91. The molecule has 0 spiro atoms. The Kier molecular flexibility index (Phi) is 8.57. The predicted octanol–water partition coefficient (Wildman–Crippen LogP) is 4.52. The molecular weight excluding hydrogens is 480 g/mol. The maximum atomic E-state index is 13.0. The maximum absolute atomic E-state index is 13.0. The normalized spacial score (nSPS) is 25.3. The summed E-state index contributed by atoms with van der Waals surface area (Å²) in [6, 6.07) is 15.5. The number of ether oxygens (including phenoxy) is 3. The Bertz CT molecular complexity index is 1190. The van der Waals surface area contributed by atoms with E-state index in [4.69, 9.17) is 14.2 Å². The van der Waals surface area contributed by atoms with Crippen molar-refractivity contribution in [2.24, 2.45) is 0 Å². The van der Waals surface area contributed by atoms with Crippen LogP contribution in [0.25, 0.3) is 6.08 Å². The van der Waals surface area contributed by atoms with Gasteiger partial charge in [0.15, 0.2) is 0 Å². The van der Waals surface area contributed by atoms with E-state index >= 15 is 0 Å². The number of carbonyl (C=O) groups excluding carboxylic acids is 2. The zero-order valence-electron chi connectivity index (χ0n) is 22.6. The smallest absolute Gasteiger partial charge is 0.303 e. The van der Waals surface area contributed by atoms with Crippen LogP contribution in [-0.4, -0.2) is 62.3 Å². The predicted molar refractivity (Wildman–Crippen MR) is 148 cm³/mol. The zero-order chi connectivity index (χ0) is 27.2. The van der Waals surface area contributed by atoms with Crippen LogP contribution in [0.5, 0.6) is 11.5 Å². The van der Waals surface area contributed by atoms with Crippen LogP contribution in [0.15, 0.2) is 67.3 Å². The number of methoxy groups -OCH3 is 2. The van der Waals surface area contributed by atoms with E-state index in [9.17, 15) is 9.59 Å². The van der Waals surface area contributed by atoms with Crippen molar-refractivity contribution in [1.29, 1.82) is 0 Å². The Morgan fingerprint density at radius 1 is 1.11 bits per heavy atom. The number of hydrogen-bond donors (Lipinski definition) is 1. The van der Waals surface area contributed by atoms with Crippen LogP contribution < -0.4 is 14.8 Å². The minimum absolute atomic E-state index is 0.0710. The number of nitrogens with one attached hydrogen (secondary N) is 1. The van der Waals surface area contributed by atoms with E-state index in [1.807, 2.05) is 48.5 Å². The molecule has 202 valence electrons. The van der Waals surface area contributed by atoms with E-state index < -0.39 is 11.0 Å². The van der Waals surface area contributed by atoms with E-state index in [-0.39, 0.29) is 17.9 Å². The number of esters is 1. The lowest BCUT2D eigenvalue weighted by atomic mass is 9.55. The Balaban J connectivity index is 1.63. The molecule has 0 aromatic heterocycles. The molecule has 0 radical (unpaired) electrons. The van der Waals surface area contributed by atoms with Crippen molar-refractivity contribution in [3.8, 4) is 11.5 Å². The van der Waals surface area contributed by atoms with Crippen molar-refractivity contribution in [1.82, 2.24) is 10.2 Å². The maximum Gasteiger partial charge on any atom is 0.303 e. The highest BCUT2D eigenvalue weighted by Gasteiger charge is 2.60. The third-order valence-electron chi connectivity index (χ3n) is 7.91. The first-order chi connectivity index (χ1) is 18.3. The Morgan fingerprint density at radius 3 is 2.55 bits per heavy atom. The number of amides is 1. The summed E-state index contributed by atoms with van der Waals surface area (Å²) in [6.45, 7) is 7.57. The molecular formula is C31H38N2O5. The van der Waals surface area contributed by atoms with Gasteiger partial charge < -0.3 is 19.5 Å². The molecule has 1 aliphatic carbocycles. The number of piperidine rings is 1. The van der Waals surface area contributed by atoms with Crippen LogP contribution >= 0.6 is 0 Å². The molecule has 2 fully saturated rings. The fourth-order valence-electron chi connectivity index (χ4n) is 6.23. The lowest BCUT2D eigenvalue weighted by molar-refractivity contribution is -0.186. The Morgan fingerprint density at radius 2 is 1.84 bits per heavy atom. The summed E-state index contributed by atoms with van der Waals surface area (Å²) in [4.78, 5) is 27.8. The molecule has 38 heavy (non-hydrogen) atoms. The molecule has 1 saturated carbocycles. The van der Waals surface area contributed by atoms with Crippen molar-refractivity contribution in [2.75, 3.05) is 33.9 Å². The third kappa shape index (κ3) is 5.78. The highest BCUT2D eigenvalue weighted by atomic mass is 16.6. The second kappa shape index (κ2) is 11.9. The van der Waals surface area contributed by atoms with Crippen molar-refractivity contribution in [3.63, 3.8) is 0 Å². The molecule has 0 bridgehead atoms. The monoisotopic (exact) mass is 518 g/mol. The zero-order valence-corrected chi connectivity index (χ0v) is 22.6. The average molecular weight is 519 g/mol. The van der Waals surface area contributed by atoms with Crippen molar-refractivity contribution < 1.29 is 23.8 Å². The van der Waals surface area contributed by atoms with E-state index in [2.05, 4.69) is 22.9 Å². The quantitative estimate of drug-likeness (QED) is 0.299. The van der Waals surface area contributed by atoms with Gasteiger partial charge in [0.25, 0.3) is 0 Å². The molecule has 1 heterocycles. The van der Waals surface area contributed by atoms with E-state index in [1.54, 1.807) is 26.4 Å². The van der Waals surface area contributed by atoms with E-state index in [0.717, 1.165) is 42.1 Å². The van der Waals surface area contributed by atoms with Gasteiger partial charge in [0.1, 0.15) is 17.1 Å². The van der Waals surface area contributed by atoms with E-state index in [0.29, 0.717) is 25.8 Å². The minimum atomic E-state index is -0.718. The van der Waals surface area contributed by atoms with Gasteiger partial charge in [0, 0.05) is 37.5 Å². The second-order valence-corrected chi connectivity index (χ2v) is 10.2. The Hall–Kier alpha value is -3.58. The summed E-state index contributed by atoms with van der Waals surface area (Å²) in [5.41, 5.74) is 0.767. The first kappa shape index (κ1) is 27.5. The molecule has 2 aliphatic rings. The van der Waals surface area contributed by atoms with Crippen LogP contribution in [0, 0.1) is 0 Å². The molecule has 3 atom stereocenters. The highest BCUT2D eigenvalue weighted by molar-refractivity contribution is 5.92. The number of benzene rings is 2. The SMILES string of the molecule is C=CCN1CCC2(c3cccc(OC)c3)CC(NC(=O)C=Cc3cccc(OC)c3)CCC2(OC(C)=O)C1. The summed E-state index contributed by atoms with van der Waals surface area (Å²) < 4.78 is 17.1. The second-order valence-electron chi connectivity index (χ2n) is 10.2. The standard InChI is InChI=1S/C31H38N2O5/c1-5-17-33-18-16-30(25-9-7-11-28(20-25)37-4)21-26(14-15-31(30,22-33)38-23(2)34)32-29(35)13-12-24-8-6-10-27(19-24)36-3/h5-13,19-20,26H,1,14-18,21-22H2,2-4H3,(H,32,35). The van der Waals surface area contributed by atoms with E-state index in [1.165, 1.54) is 6.92 Å². The average Bonchev–Trinajstić information content (AvgIpc) is 2.92. The molecule has 3 unspecified atom stereocenters. The van der Waals surface area contributed by atoms with Gasteiger partial charge in [-0.05, 0) is 73.7 Å². The summed E-state index contributed by atoms with van der Waals surface area (Å²) >= 11 is 0. The summed E-state index contributed by atoms with van der Waals surface area (Å²) in [5, 5.41) is 3.22. The molecule has 1 saturated heterocycles. The van der Waals surface area contributed by atoms with Crippen LogP contribution in [-0.2, 0) is 19.7 Å². The fourth-order valence-corrected chi connectivity index (χ4v) is 6.23. The summed E-state index contributed by atoms with van der Waals surface area (Å²) in [7, 11) is 3.27. The number of nitrogens with zero attached hydrogens (tertiary/aromatic N) is 1. The molecule has 2 aromatic carbocycles. The number of likely N-dealkylation sites (tertiary alicyclic amines) is 1. The summed E-state index contributed by atoms with van der Waals surface area (Å²) in [6.07, 6.45) is 8.03. The first-order valence-electron chi connectivity index (χ1n) is 13.1. The molecule has 1 aliphatic heterocycles. The molecule has 4 rings (SSSR count). The molecule has 7 heteroatoms. The van der Waals surface area contributed by atoms with Gasteiger partial charge in [-0.2, -0.15) is 0 Å². The Labute approximate surface area is 225 Å². The molecule has 1 amide bonds. The molecule has 7 nitrogen and oxygen atoms in total. The fraction of sp³-hybridized carbons (Fsp3) is 0.419. The van der Waals surface area contributed by atoms with Gasteiger partial charge in [0.05, 0.1) is 14.2 Å². The largest absolute Gasteiger partial charge is 0.497 e. The molecule has 1 N–H and O–H groups in total. The van der Waals surface area contributed by atoms with Gasteiger partial charge in [-0.1, -0.05) is 30.3 Å². The van der Waals surface area contributed by atoms with Gasteiger partial charge in [-0.3, -0.25) is 14.5 Å². The summed E-state index contributed by atoms with van der Waals surface area (Å²) in [5.74, 6) is 1.06. The van der Waals surface area contributed by atoms with Crippen LogP contribution in [0.3, 0.4) is 0 Å². The van der Waals surface area contributed by atoms with Crippen molar-refractivity contribution in [2.45, 2.75) is 49.7 Å². The number of hydrogen-bond acceptors (Lipinski definition) is 6. The van der Waals surface area contributed by atoms with Crippen LogP contribution in [0.2, 0.25) is 0 Å². The van der Waals surface area contributed by atoms with Gasteiger partial charge in [-0.25, -0.2) is 0 Å². The van der Waals surface area contributed by atoms with Crippen molar-refractivity contribution >= 4 is 18.0 Å². The lowest BCUT2D eigenvalue weighted by Gasteiger charge is -2.59. The molecule has 2 aromatic rings. The van der Waals surface area contributed by atoms with Gasteiger partial charge in [-0.15, -0.1) is 6.58 Å².